The Bertz CT molecular complexity index is 684. The molecule has 0 radical (unpaired) electrons. The lowest BCUT2D eigenvalue weighted by Crippen LogP contribution is -2.31. The number of anilines is 1. The van der Waals surface area contributed by atoms with Gasteiger partial charge in [-0.05, 0) is 36.1 Å². The molecule has 0 aliphatic carbocycles. The molecule has 1 N–H and O–H groups in total. The highest BCUT2D eigenvalue weighted by molar-refractivity contribution is 5.93. The Morgan fingerprint density at radius 3 is 2.91 bits per heavy atom. The van der Waals surface area contributed by atoms with Crippen LogP contribution in [0.1, 0.15) is 41.4 Å². The van der Waals surface area contributed by atoms with Crippen LogP contribution in [-0.4, -0.2) is 24.0 Å². The van der Waals surface area contributed by atoms with Gasteiger partial charge in [0, 0.05) is 31.5 Å². The second kappa shape index (κ2) is 7.27. The van der Waals surface area contributed by atoms with E-state index in [0.717, 1.165) is 38.0 Å². The van der Waals surface area contributed by atoms with Crippen molar-refractivity contribution in [2.75, 3.05) is 18.0 Å². The maximum absolute atomic E-state index is 12.2. The summed E-state index contributed by atoms with van der Waals surface area (Å²) >= 11 is 0. The summed E-state index contributed by atoms with van der Waals surface area (Å²) in [5, 5.41) is 2.93. The zero-order valence-corrected chi connectivity index (χ0v) is 13.6. The fourth-order valence-corrected chi connectivity index (χ4v) is 2.93. The molecule has 2 heterocycles. The minimum absolute atomic E-state index is 0.0855. The molecule has 0 bridgehead atoms. The number of fused-ring (bicyclic) bond motifs is 1. The summed E-state index contributed by atoms with van der Waals surface area (Å²) in [5.74, 6) is -0.0855. The van der Waals surface area contributed by atoms with Crippen LogP contribution >= 0.6 is 0 Å². The van der Waals surface area contributed by atoms with Crippen LogP contribution in [-0.2, 0) is 13.0 Å². The maximum atomic E-state index is 12.2. The van der Waals surface area contributed by atoms with Crippen molar-refractivity contribution in [3.63, 3.8) is 0 Å². The summed E-state index contributed by atoms with van der Waals surface area (Å²) < 4.78 is 0. The molecule has 0 unspecified atom stereocenters. The molecular formula is C19H23N3O. The fraction of sp³-hybridized carbons (Fsp3) is 0.368. The Morgan fingerprint density at radius 1 is 1.26 bits per heavy atom. The monoisotopic (exact) mass is 309 g/mol. The Labute approximate surface area is 137 Å². The number of hydrogen-bond acceptors (Lipinski definition) is 3. The molecule has 1 aliphatic heterocycles. The van der Waals surface area contributed by atoms with Gasteiger partial charge in [0.1, 0.15) is 5.69 Å². The van der Waals surface area contributed by atoms with Crippen molar-refractivity contribution >= 4 is 11.6 Å². The van der Waals surface area contributed by atoms with E-state index in [0.29, 0.717) is 12.2 Å². The molecule has 0 saturated carbocycles. The molecule has 23 heavy (non-hydrogen) atoms. The number of benzene rings is 1. The quantitative estimate of drug-likeness (QED) is 0.863. The molecule has 120 valence electrons. The van der Waals surface area contributed by atoms with Crippen LogP contribution in [0.2, 0.25) is 0 Å². The molecular weight excluding hydrogens is 286 g/mol. The highest BCUT2D eigenvalue weighted by Gasteiger charge is 2.17. The van der Waals surface area contributed by atoms with Gasteiger partial charge in [-0.2, -0.15) is 0 Å². The van der Waals surface area contributed by atoms with Gasteiger partial charge < -0.3 is 10.2 Å². The zero-order chi connectivity index (χ0) is 16.1. The predicted molar refractivity (Wildman–Crippen MR) is 92.7 cm³/mol. The molecule has 0 saturated heterocycles. The van der Waals surface area contributed by atoms with Crippen molar-refractivity contribution in [3.05, 3.63) is 59.4 Å². The first-order valence-corrected chi connectivity index (χ1v) is 8.34. The van der Waals surface area contributed by atoms with E-state index in [1.165, 1.54) is 11.1 Å². The van der Waals surface area contributed by atoms with Crippen molar-refractivity contribution in [3.8, 4) is 0 Å². The number of rotatable bonds is 5. The van der Waals surface area contributed by atoms with E-state index in [1.54, 1.807) is 6.20 Å². The van der Waals surface area contributed by atoms with E-state index < -0.39 is 0 Å². The smallest absolute Gasteiger partial charge is 0.269 e. The number of aromatic nitrogens is 1. The Morgan fingerprint density at radius 2 is 2.09 bits per heavy atom. The standard InChI is InChI=1S/C19H23N3O/c1-2-3-10-21-19(23)18-13-17(8-11-20-18)22-12-9-15-6-4-5-7-16(15)14-22/h4-8,11,13H,2-3,9-10,12,14H2,1H3,(H,21,23). The van der Waals surface area contributed by atoms with Gasteiger partial charge in [-0.3, -0.25) is 9.78 Å². The highest BCUT2D eigenvalue weighted by Crippen LogP contribution is 2.24. The van der Waals surface area contributed by atoms with Crippen LogP contribution in [0, 0.1) is 0 Å². The van der Waals surface area contributed by atoms with Gasteiger partial charge in [-0.1, -0.05) is 37.6 Å². The summed E-state index contributed by atoms with van der Waals surface area (Å²) in [7, 11) is 0. The first kappa shape index (κ1) is 15.5. The second-order valence-electron chi connectivity index (χ2n) is 5.95. The summed E-state index contributed by atoms with van der Waals surface area (Å²) in [6.45, 7) is 4.67. The number of carbonyl (C=O) groups excluding carboxylic acids is 1. The maximum Gasteiger partial charge on any atom is 0.269 e. The average Bonchev–Trinajstić information content (AvgIpc) is 2.61. The molecule has 4 heteroatoms. The van der Waals surface area contributed by atoms with Crippen molar-refractivity contribution in [1.29, 1.82) is 0 Å². The summed E-state index contributed by atoms with van der Waals surface area (Å²) in [4.78, 5) is 18.7. The normalized spacial score (nSPS) is 13.5. The number of carbonyl (C=O) groups is 1. The lowest BCUT2D eigenvalue weighted by molar-refractivity contribution is 0.0948. The number of hydrogen-bond donors (Lipinski definition) is 1. The van der Waals surface area contributed by atoms with Crippen LogP contribution in [0.5, 0.6) is 0 Å². The summed E-state index contributed by atoms with van der Waals surface area (Å²) in [6, 6.07) is 12.4. The van der Waals surface area contributed by atoms with E-state index in [4.69, 9.17) is 0 Å². The van der Waals surface area contributed by atoms with E-state index in [9.17, 15) is 4.79 Å². The lowest BCUT2D eigenvalue weighted by atomic mass is 9.99. The van der Waals surface area contributed by atoms with Crippen LogP contribution in [0.4, 0.5) is 5.69 Å². The van der Waals surface area contributed by atoms with E-state index in [2.05, 4.69) is 46.4 Å². The largest absolute Gasteiger partial charge is 0.367 e. The number of nitrogens with zero attached hydrogens (tertiary/aromatic N) is 2. The Kier molecular flexibility index (Phi) is 4.91. The van der Waals surface area contributed by atoms with E-state index in [-0.39, 0.29) is 5.91 Å². The van der Waals surface area contributed by atoms with Gasteiger partial charge in [0.15, 0.2) is 0 Å². The van der Waals surface area contributed by atoms with Crippen molar-refractivity contribution in [2.45, 2.75) is 32.7 Å². The van der Waals surface area contributed by atoms with Gasteiger partial charge in [-0.15, -0.1) is 0 Å². The highest BCUT2D eigenvalue weighted by atomic mass is 16.1. The predicted octanol–water partition coefficient (Wildman–Crippen LogP) is 3.17. The summed E-state index contributed by atoms with van der Waals surface area (Å²) in [6.07, 6.45) is 4.83. The molecule has 0 atom stereocenters. The van der Waals surface area contributed by atoms with Gasteiger partial charge in [0.2, 0.25) is 0 Å². The third kappa shape index (κ3) is 3.70. The molecule has 1 aromatic carbocycles. The number of nitrogens with one attached hydrogen (secondary N) is 1. The fourth-order valence-electron chi connectivity index (χ4n) is 2.93. The third-order valence-electron chi connectivity index (χ3n) is 4.29. The molecule has 0 fully saturated rings. The average molecular weight is 309 g/mol. The molecule has 3 rings (SSSR count). The molecule has 1 amide bonds. The Hall–Kier alpha value is -2.36. The first-order chi connectivity index (χ1) is 11.3. The van der Waals surface area contributed by atoms with Gasteiger partial charge in [0.25, 0.3) is 5.91 Å². The van der Waals surface area contributed by atoms with Crippen LogP contribution in [0.15, 0.2) is 42.6 Å². The Balaban J connectivity index is 1.72. The zero-order valence-electron chi connectivity index (χ0n) is 13.6. The number of pyridine rings is 1. The van der Waals surface area contributed by atoms with Crippen LogP contribution < -0.4 is 10.2 Å². The molecule has 4 nitrogen and oxygen atoms in total. The second-order valence-corrected chi connectivity index (χ2v) is 5.95. The van der Waals surface area contributed by atoms with Crippen molar-refractivity contribution in [2.24, 2.45) is 0 Å². The number of unbranched alkanes of at least 4 members (excludes halogenated alkanes) is 1. The molecule has 2 aromatic rings. The SMILES string of the molecule is CCCCNC(=O)c1cc(N2CCc3ccccc3C2)ccn1. The van der Waals surface area contributed by atoms with Crippen molar-refractivity contribution in [1.82, 2.24) is 10.3 Å². The lowest BCUT2D eigenvalue weighted by Gasteiger charge is -2.30. The van der Waals surface area contributed by atoms with Gasteiger partial charge in [0.05, 0.1) is 0 Å². The first-order valence-electron chi connectivity index (χ1n) is 8.34. The van der Waals surface area contributed by atoms with E-state index >= 15 is 0 Å². The van der Waals surface area contributed by atoms with Crippen LogP contribution in [0.3, 0.4) is 0 Å². The van der Waals surface area contributed by atoms with Crippen molar-refractivity contribution < 1.29 is 4.79 Å². The molecule has 1 aliphatic rings. The molecule has 1 aromatic heterocycles. The van der Waals surface area contributed by atoms with E-state index in [1.807, 2.05) is 12.1 Å². The molecule has 0 spiro atoms. The minimum Gasteiger partial charge on any atom is -0.367 e. The minimum atomic E-state index is -0.0855. The number of amides is 1. The van der Waals surface area contributed by atoms with Gasteiger partial charge in [-0.25, -0.2) is 0 Å². The topological polar surface area (TPSA) is 45.2 Å². The van der Waals surface area contributed by atoms with Crippen LogP contribution in [0.25, 0.3) is 0 Å². The summed E-state index contributed by atoms with van der Waals surface area (Å²) in [5.41, 5.74) is 4.35. The van der Waals surface area contributed by atoms with Gasteiger partial charge >= 0.3 is 0 Å². The third-order valence-corrected chi connectivity index (χ3v) is 4.29.